The van der Waals surface area contributed by atoms with Gasteiger partial charge >= 0.3 is 0 Å². The third-order valence-corrected chi connectivity index (χ3v) is 18.6. The Hall–Kier alpha value is -6.71. The van der Waals surface area contributed by atoms with E-state index in [-0.39, 0.29) is 28.3 Å². The van der Waals surface area contributed by atoms with Gasteiger partial charge in [0.25, 0.3) is 0 Å². The van der Waals surface area contributed by atoms with Crippen LogP contribution in [0, 0.1) is 13.8 Å². The Morgan fingerprint density at radius 1 is 0.300 bits per heavy atom. The van der Waals surface area contributed by atoms with Crippen LogP contribution in [0.5, 0.6) is 0 Å². The molecule has 0 spiro atoms. The normalized spacial score (nSPS) is 11.1. The van der Waals surface area contributed by atoms with E-state index in [9.17, 15) is 0 Å². The van der Waals surface area contributed by atoms with Gasteiger partial charge < -0.3 is 0 Å². The molecule has 10 aromatic carbocycles. The zero-order chi connectivity index (χ0) is 47.0. The molecule has 0 aliphatic carbocycles. The van der Waals surface area contributed by atoms with Gasteiger partial charge in [0.05, 0.1) is 15.8 Å². The van der Waals surface area contributed by atoms with Gasteiger partial charge in [-0.25, -0.2) is 0 Å². The molecule has 0 heterocycles. The zero-order valence-electron chi connectivity index (χ0n) is 39.9. The van der Waals surface area contributed by atoms with Gasteiger partial charge in [-0.2, -0.15) is 0 Å². The van der Waals surface area contributed by atoms with Crippen LogP contribution in [0.3, 0.4) is 0 Å². The van der Waals surface area contributed by atoms with Crippen molar-refractivity contribution in [3.63, 3.8) is 0 Å². The van der Waals surface area contributed by atoms with Crippen LogP contribution in [-0.4, -0.2) is 0 Å². The van der Waals surface area contributed by atoms with E-state index in [0.717, 1.165) is 6.42 Å². The molecule has 0 amide bonds. The van der Waals surface area contributed by atoms with Crippen LogP contribution in [0.2, 0.25) is 0 Å². The molecule has 0 saturated carbocycles. The second-order valence-electron chi connectivity index (χ2n) is 17.7. The topological polar surface area (TPSA) is 0 Å². The van der Waals surface area contributed by atoms with Crippen LogP contribution < -0.4 is 31.8 Å². The number of hydrogen-bond acceptors (Lipinski definition) is 0. The van der Waals surface area contributed by atoms with E-state index in [1.54, 1.807) is 0 Å². The summed E-state index contributed by atoms with van der Waals surface area (Å²) in [6, 6.07) is 103. The van der Waals surface area contributed by atoms with Crippen molar-refractivity contribution in [3.05, 3.63) is 324 Å². The molecule has 0 unspecified atom stereocenters. The van der Waals surface area contributed by atoms with Crippen LogP contribution in [0.15, 0.2) is 279 Å². The molecule has 0 fully saturated rings. The molecular formula is C67H60NiP2+2. The smallest absolute Gasteiger partial charge is 0.0622 e. The van der Waals surface area contributed by atoms with Crippen LogP contribution in [-0.2, 0) is 16.5 Å². The number of hydrogen-bond donors (Lipinski definition) is 0. The molecule has 0 radical (unpaired) electrons. The first-order valence-electron chi connectivity index (χ1n) is 24.1. The van der Waals surface area contributed by atoms with Crippen LogP contribution >= 0.6 is 15.8 Å². The van der Waals surface area contributed by atoms with Crippen LogP contribution in [0.1, 0.15) is 62.8 Å². The van der Waals surface area contributed by atoms with E-state index >= 15 is 0 Å². The minimum atomic E-state index is -1.36. The van der Waals surface area contributed by atoms with Gasteiger partial charge in [0.15, 0.2) is 0 Å². The predicted molar refractivity (Wildman–Crippen MR) is 306 cm³/mol. The summed E-state index contributed by atoms with van der Waals surface area (Å²) in [5, 5.41) is 8.56. The van der Waals surface area contributed by atoms with Gasteiger partial charge in [0.2, 0.25) is 0 Å². The Bertz CT molecular complexity index is 2830. The molecular weight excluding hydrogens is 925 g/mol. The predicted octanol–water partition coefficient (Wildman–Crippen LogP) is 14.5. The third-order valence-electron chi connectivity index (χ3n) is 13.0. The first kappa shape index (κ1) is 49.7. The summed E-state index contributed by atoms with van der Waals surface area (Å²) in [5.74, 6) is 0.320. The van der Waals surface area contributed by atoms with Crippen molar-refractivity contribution in [1.82, 2.24) is 0 Å². The fraction of sp³-hybridized carbons (Fsp3) is 0.0746. The average Bonchev–Trinajstić information content (AvgIpc) is 3.42. The first-order valence-corrected chi connectivity index (χ1v) is 27.1. The molecule has 10 rings (SSSR count). The summed E-state index contributed by atoms with van der Waals surface area (Å²) in [6.45, 7) is 4.38. The Morgan fingerprint density at radius 3 is 0.886 bits per heavy atom. The van der Waals surface area contributed by atoms with Crippen molar-refractivity contribution in [2.45, 2.75) is 32.1 Å². The molecule has 3 heteroatoms. The molecule has 10 aromatic rings. The van der Waals surface area contributed by atoms with Crippen molar-refractivity contribution < 1.29 is 16.5 Å². The third kappa shape index (κ3) is 12.7. The Kier molecular flexibility index (Phi) is 17.9. The number of aryl methyl sites for hydroxylation is 2. The summed E-state index contributed by atoms with van der Waals surface area (Å²) in [6.07, 6.45) is 5.18. The minimum absolute atomic E-state index is 0. The van der Waals surface area contributed by atoms with Gasteiger partial charge in [-0.05, 0) is 103 Å². The fourth-order valence-electron chi connectivity index (χ4n) is 9.47. The Labute approximate surface area is 429 Å². The zero-order valence-corrected chi connectivity index (χ0v) is 42.9. The van der Waals surface area contributed by atoms with E-state index in [0.29, 0.717) is 0 Å². The van der Waals surface area contributed by atoms with Crippen molar-refractivity contribution in [1.29, 1.82) is 0 Å². The molecule has 346 valence electrons. The minimum Gasteiger partial charge on any atom is -0.0622 e. The van der Waals surface area contributed by atoms with Crippen molar-refractivity contribution in [2.75, 3.05) is 0 Å². The van der Waals surface area contributed by atoms with Crippen LogP contribution in [0.4, 0.5) is 0 Å². The second kappa shape index (κ2) is 25.2. The quantitative estimate of drug-likeness (QED) is 0.0579. The summed E-state index contributed by atoms with van der Waals surface area (Å²) < 4.78 is 0. The maximum absolute atomic E-state index is 2.45. The summed E-state index contributed by atoms with van der Waals surface area (Å²) >= 11 is 0. The standard InChI is InChI=1S/C53H46P2.C14H12.Ni/c1-40-31-35-42(36-32-40)50(43-37-33-41(2)34-38-43)39-51(48-27-15-17-29-52(48)54(44-19-7-3-8-20-44)45-21-9-4-10-22-45)49-28-16-18-30-53(49)55(46-23-11-5-12-24-46)47-25-13-6-14-26-47;1-3-7-13(8-4-1)11-12-14-9-5-2-6-10-14;/h3-38,50-51H,39H2,1-2H3;1-12H;/p+2/b;12-11+;. The summed E-state index contributed by atoms with van der Waals surface area (Å²) in [7, 11) is -2.72. The maximum Gasteiger partial charge on any atom is 0.106 e. The molecule has 0 aromatic heterocycles. The van der Waals surface area contributed by atoms with Gasteiger partial charge in [-0.15, -0.1) is 0 Å². The molecule has 0 atom stereocenters. The van der Waals surface area contributed by atoms with Crippen molar-refractivity contribution in [2.24, 2.45) is 0 Å². The average molecular weight is 986 g/mol. The summed E-state index contributed by atoms with van der Waals surface area (Å²) in [4.78, 5) is 0. The van der Waals surface area contributed by atoms with Crippen LogP contribution in [0.25, 0.3) is 12.2 Å². The van der Waals surface area contributed by atoms with Gasteiger partial charge in [0, 0.05) is 39.5 Å². The van der Waals surface area contributed by atoms with Crippen molar-refractivity contribution in [3.8, 4) is 0 Å². The molecule has 0 aliphatic heterocycles. The monoisotopic (exact) mass is 984 g/mol. The number of rotatable bonds is 14. The Balaban J connectivity index is 0.000000377. The second-order valence-corrected chi connectivity index (χ2v) is 22.6. The van der Waals surface area contributed by atoms with Gasteiger partial charge in [0.1, 0.15) is 31.8 Å². The van der Waals surface area contributed by atoms with E-state index in [1.807, 2.05) is 36.4 Å². The molecule has 0 saturated heterocycles. The fourth-order valence-corrected chi connectivity index (χ4v) is 15.1. The molecule has 0 bridgehead atoms. The number of benzene rings is 10. The van der Waals surface area contributed by atoms with Gasteiger partial charge in [-0.1, -0.05) is 242 Å². The molecule has 0 nitrogen and oxygen atoms in total. The molecule has 0 aliphatic rings. The maximum atomic E-state index is 2.45. The van der Waals surface area contributed by atoms with Gasteiger partial charge in [-0.3, -0.25) is 0 Å². The van der Waals surface area contributed by atoms with E-state index in [2.05, 4.69) is 269 Å². The molecule has 70 heavy (non-hydrogen) atoms. The van der Waals surface area contributed by atoms with E-state index < -0.39 is 15.8 Å². The first-order chi connectivity index (χ1) is 34.1. The van der Waals surface area contributed by atoms with Crippen molar-refractivity contribution >= 4 is 59.8 Å². The summed E-state index contributed by atoms with van der Waals surface area (Å²) in [5.41, 5.74) is 10.6. The van der Waals surface area contributed by atoms with E-state index in [1.165, 1.54) is 76.3 Å². The van der Waals surface area contributed by atoms with E-state index in [4.69, 9.17) is 0 Å². The largest absolute Gasteiger partial charge is 0.106 e. The SMILES string of the molecule is C(=C\c1ccccc1)/c1ccccc1.Cc1ccc(C(CC(c2ccccc2[PH+](c2ccccc2)c2ccccc2)c2ccccc2[PH+](c2ccccc2)c2ccccc2)c2ccc(C)cc2)cc1.[Ni]. The Morgan fingerprint density at radius 2 is 0.571 bits per heavy atom. The molecule has 0 N–H and O–H groups in total.